The van der Waals surface area contributed by atoms with Crippen molar-refractivity contribution < 1.29 is 26.9 Å². The number of pyridine rings is 1. The molecular weight excluding hydrogens is 239 g/mol. The maximum atomic E-state index is 12.1. The fourth-order valence-electron chi connectivity index (χ4n) is 0.899. The highest BCUT2D eigenvalue weighted by atomic mass is 19.4. The van der Waals surface area contributed by atoms with Crippen LogP contribution in [0.25, 0.3) is 0 Å². The summed E-state index contributed by atoms with van der Waals surface area (Å²) in [4.78, 5) is 11.6. The van der Waals surface area contributed by atoms with E-state index in [1.165, 1.54) is 0 Å². The van der Waals surface area contributed by atoms with Gasteiger partial charge in [0.25, 0.3) is 12.1 Å². The first-order valence-corrected chi connectivity index (χ1v) is 3.73. The molecule has 1 aromatic heterocycles. The average molecular weight is 242 g/mol. The predicted octanol–water partition coefficient (Wildman–Crippen LogP) is 2.95. The molecule has 1 aromatic rings. The highest BCUT2D eigenvalue weighted by Crippen LogP contribution is 2.32. The fraction of sp³-hybridized carbons (Fsp3) is 0.286. The van der Waals surface area contributed by atoms with E-state index in [1.54, 1.807) is 0 Å². The molecule has 1 heterocycles. The number of nitrogens with zero attached hydrogens (tertiary/aromatic N) is 2. The molecule has 0 spiro atoms. The summed E-state index contributed by atoms with van der Waals surface area (Å²) in [5.41, 5.74) is -4.06. The van der Waals surface area contributed by atoms with Crippen LogP contribution in [0.15, 0.2) is 12.1 Å². The Balaban J connectivity index is 3.36. The van der Waals surface area contributed by atoms with Crippen LogP contribution in [-0.4, -0.2) is 9.91 Å². The fourth-order valence-corrected chi connectivity index (χ4v) is 0.899. The van der Waals surface area contributed by atoms with Gasteiger partial charge in [-0.1, -0.05) is 0 Å². The second-order valence-electron chi connectivity index (χ2n) is 2.69. The molecule has 0 amide bonds. The van der Waals surface area contributed by atoms with E-state index in [9.17, 15) is 32.1 Å². The summed E-state index contributed by atoms with van der Waals surface area (Å²) >= 11 is 0. The second kappa shape index (κ2) is 3.99. The number of nitro groups is 1. The number of hydrogen-bond acceptors (Lipinski definition) is 3. The van der Waals surface area contributed by atoms with Crippen molar-refractivity contribution in [3.63, 3.8) is 0 Å². The van der Waals surface area contributed by atoms with Crippen molar-refractivity contribution in [1.29, 1.82) is 0 Å². The zero-order valence-corrected chi connectivity index (χ0v) is 7.33. The lowest BCUT2D eigenvalue weighted by Crippen LogP contribution is -2.10. The van der Waals surface area contributed by atoms with Crippen LogP contribution < -0.4 is 0 Å². The van der Waals surface area contributed by atoms with Gasteiger partial charge in [0.1, 0.15) is 5.69 Å². The maximum Gasteiger partial charge on any atom is 0.433 e. The van der Waals surface area contributed by atoms with E-state index >= 15 is 0 Å². The van der Waals surface area contributed by atoms with Gasteiger partial charge >= 0.3 is 6.18 Å². The molecule has 16 heavy (non-hydrogen) atoms. The van der Waals surface area contributed by atoms with Crippen molar-refractivity contribution in [2.45, 2.75) is 12.6 Å². The van der Waals surface area contributed by atoms with Crippen LogP contribution in [0.2, 0.25) is 0 Å². The molecule has 88 valence electrons. The van der Waals surface area contributed by atoms with E-state index in [0.717, 1.165) is 0 Å². The van der Waals surface area contributed by atoms with Gasteiger partial charge in [-0.25, -0.2) is 13.8 Å². The standard InChI is InChI=1S/C7H3F5N2O2/c8-6(9)4-1-3(14(15)16)2-5(13-4)7(10,11)12/h1-2,6H. The van der Waals surface area contributed by atoms with Gasteiger partial charge in [0.15, 0.2) is 5.69 Å². The minimum absolute atomic E-state index is 0.103. The van der Waals surface area contributed by atoms with E-state index in [4.69, 9.17) is 0 Å². The molecule has 1 rings (SSSR count). The van der Waals surface area contributed by atoms with Crippen molar-refractivity contribution in [3.8, 4) is 0 Å². The molecule has 0 aliphatic carbocycles. The monoisotopic (exact) mass is 242 g/mol. The van der Waals surface area contributed by atoms with Gasteiger partial charge in [-0.05, 0) is 0 Å². The van der Waals surface area contributed by atoms with Crippen LogP contribution in [0.5, 0.6) is 0 Å². The number of hydrogen-bond donors (Lipinski definition) is 0. The van der Waals surface area contributed by atoms with Crippen molar-refractivity contribution in [2.75, 3.05) is 0 Å². The first-order chi connectivity index (χ1) is 7.21. The lowest BCUT2D eigenvalue weighted by molar-refractivity contribution is -0.385. The SMILES string of the molecule is O=[N+]([O-])c1cc(C(F)F)nc(C(F)(F)F)c1. The quantitative estimate of drug-likeness (QED) is 0.455. The summed E-state index contributed by atoms with van der Waals surface area (Å²) in [7, 11) is 0. The van der Waals surface area contributed by atoms with Crippen molar-refractivity contribution in [1.82, 2.24) is 4.98 Å². The first-order valence-electron chi connectivity index (χ1n) is 3.73. The second-order valence-corrected chi connectivity index (χ2v) is 2.69. The third-order valence-corrected chi connectivity index (χ3v) is 1.55. The van der Waals surface area contributed by atoms with E-state index in [2.05, 4.69) is 4.98 Å². The smallest absolute Gasteiger partial charge is 0.258 e. The van der Waals surface area contributed by atoms with Crippen LogP contribution >= 0.6 is 0 Å². The highest BCUT2D eigenvalue weighted by Gasteiger charge is 2.35. The molecule has 0 N–H and O–H groups in total. The molecule has 4 nitrogen and oxygen atoms in total. The van der Waals surface area contributed by atoms with Gasteiger partial charge in [0.05, 0.1) is 4.92 Å². The van der Waals surface area contributed by atoms with Crippen LogP contribution in [0.4, 0.5) is 27.6 Å². The normalized spacial score (nSPS) is 11.9. The number of rotatable bonds is 2. The minimum atomic E-state index is -5.00. The molecule has 0 radical (unpaired) electrons. The number of halogens is 5. The Morgan fingerprint density at radius 1 is 1.31 bits per heavy atom. The van der Waals surface area contributed by atoms with Crippen LogP contribution in [0.3, 0.4) is 0 Å². The molecule has 0 aliphatic rings. The molecule has 0 atom stereocenters. The highest BCUT2D eigenvalue weighted by molar-refractivity contribution is 5.34. The largest absolute Gasteiger partial charge is 0.433 e. The van der Waals surface area contributed by atoms with Crippen LogP contribution in [-0.2, 0) is 6.18 Å². The summed E-state index contributed by atoms with van der Waals surface area (Å²) < 4.78 is 60.7. The summed E-state index contributed by atoms with van der Waals surface area (Å²) in [5, 5.41) is 10.2. The summed E-state index contributed by atoms with van der Waals surface area (Å²) in [5.74, 6) is 0. The average Bonchev–Trinajstić information content (AvgIpc) is 2.15. The first kappa shape index (κ1) is 12.3. The Labute approximate surface area is 84.9 Å². The third kappa shape index (κ3) is 2.61. The minimum Gasteiger partial charge on any atom is -0.258 e. The van der Waals surface area contributed by atoms with E-state index < -0.39 is 34.6 Å². The van der Waals surface area contributed by atoms with Gasteiger partial charge in [-0.3, -0.25) is 10.1 Å². The molecule has 0 saturated heterocycles. The Morgan fingerprint density at radius 3 is 2.25 bits per heavy atom. The summed E-state index contributed by atoms with van der Waals surface area (Å²) in [6.07, 6.45) is -8.31. The number of alkyl halides is 5. The zero-order chi connectivity index (χ0) is 12.5. The summed E-state index contributed by atoms with van der Waals surface area (Å²) in [6.45, 7) is 0. The topological polar surface area (TPSA) is 56.0 Å². The predicted molar refractivity (Wildman–Crippen MR) is 40.9 cm³/mol. The molecule has 0 saturated carbocycles. The Bertz CT molecular complexity index is 418. The molecule has 9 heteroatoms. The van der Waals surface area contributed by atoms with Crippen molar-refractivity contribution in [3.05, 3.63) is 33.6 Å². The summed E-state index contributed by atoms with van der Waals surface area (Å²) in [6, 6.07) is 0.409. The van der Waals surface area contributed by atoms with E-state index in [0.29, 0.717) is 6.07 Å². The van der Waals surface area contributed by atoms with Gasteiger partial charge in [0.2, 0.25) is 0 Å². The third-order valence-electron chi connectivity index (χ3n) is 1.55. The molecule has 0 aliphatic heterocycles. The maximum absolute atomic E-state index is 12.1. The molecule has 0 fully saturated rings. The molecule has 0 bridgehead atoms. The van der Waals surface area contributed by atoms with Crippen LogP contribution in [0, 0.1) is 10.1 Å². The van der Waals surface area contributed by atoms with E-state index in [-0.39, 0.29) is 6.07 Å². The Kier molecular flexibility index (Phi) is 3.06. The van der Waals surface area contributed by atoms with Crippen molar-refractivity contribution >= 4 is 5.69 Å². The number of aromatic nitrogens is 1. The van der Waals surface area contributed by atoms with E-state index in [1.807, 2.05) is 0 Å². The molecule has 0 aromatic carbocycles. The molecule has 0 unspecified atom stereocenters. The van der Waals surface area contributed by atoms with Crippen LogP contribution in [0.1, 0.15) is 17.8 Å². The Hall–Kier alpha value is -1.80. The zero-order valence-electron chi connectivity index (χ0n) is 7.33. The Morgan fingerprint density at radius 2 is 1.88 bits per heavy atom. The lowest BCUT2D eigenvalue weighted by Gasteiger charge is -2.07. The van der Waals surface area contributed by atoms with Gasteiger partial charge in [-0.2, -0.15) is 13.2 Å². The van der Waals surface area contributed by atoms with Gasteiger partial charge in [-0.15, -0.1) is 0 Å². The van der Waals surface area contributed by atoms with Gasteiger partial charge < -0.3 is 0 Å². The molecular formula is C7H3F5N2O2. The lowest BCUT2D eigenvalue weighted by atomic mass is 10.2. The van der Waals surface area contributed by atoms with Gasteiger partial charge in [0, 0.05) is 12.1 Å². The van der Waals surface area contributed by atoms with Crippen molar-refractivity contribution in [2.24, 2.45) is 0 Å².